The number of aromatic nitrogens is 3. The molecule has 2 aliphatic rings. The summed E-state index contributed by atoms with van der Waals surface area (Å²) in [6, 6.07) is 17.7. The standard InChI is InChI=1S/C56H64ClFN8O9S/c1-34(36-13-15-37(16-14-36)51-35(2)61-33-76-51)62-54(71)45-28-40(68)30-66(45)55(72)52(56(3,4)5)63-46(69)31-75-25-24-74-23-22-73-21-9-8-12-47(70)64-17-19-65(20-18-64)53-43-29-44(57)48(49(58)50(43)59-32-60-53)42-27-39(67)26-38-10-6-7-11-41(38)42/h6-8,10-16,26-27,29,32-34,40,45,52,67-68H,9,17-25,28,30-31H2,1-5H3,(H,62,71)(H,63,69)/b12-8+/t34?,40-,45+,52?/m1/s1. The van der Waals surface area contributed by atoms with Gasteiger partial charge in [0.15, 0.2) is 5.82 Å². The number of halogens is 2. The number of nitrogens with zero attached hydrogens (tertiary/aromatic N) is 6. The van der Waals surface area contributed by atoms with E-state index < -0.39 is 41.2 Å². The molecule has 4 heterocycles. The van der Waals surface area contributed by atoms with Crippen molar-refractivity contribution < 1.29 is 48.0 Å². The summed E-state index contributed by atoms with van der Waals surface area (Å²) in [5.74, 6) is -1.60. The van der Waals surface area contributed by atoms with E-state index in [4.69, 9.17) is 25.8 Å². The first-order valence-electron chi connectivity index (χ1n) is 25.4. The van der Waals surface area contributed by atoms with Gasteiger partial charge in [0.05, 0.1) is 66.3 Å². The minimum absolute atomic E-state index is 0.00862. The molecule has 402 valence electrons. The average molecular weight is 1080 g/mol. The topological polar surface area (TPSA) is 209 Å². The molecule has 2 aromatic heterocycles. The number of anilines is 1. The number of carbonyl (C=O) groups excluding carboxylic acids is 4. The van der Waals surface area contributed by atoms with Gasteiger partial charge in [-0.25, -0.2) is 19.3 Å². The van der Waals surface area contributed by atoms with Crippen molar-refractivity contribution in [2.45, 2.75) is 71.7 Å². The first-order valence-corrected chi connectivity index (χ1v) is 26.6. The molecule has 4 aromatic carbocycles. The Labute approximate surface area is 450 Å². The average Bonchev–Trinajstić information content (AvgIpc) is 4.03. The molecule has 4 N–H and O–H groups in total. The zero-order valence-corrected chi connectivity index (χ0v) is 44.8. The molecule has 2 aliphatic heterocycles. The Balaban J connectivity index is 0.705. The van der Waals surface area contributed by atoms with E-state index in [1.807, 2.05) is 93.6 Å². The van der Waals surface area contributed by atoms with Crippen molar-refractivity contribution in [3.8, 4) is 27.3 Å². The van der Waals surface area contributed by atoms with Crippen molar-refractivity contribution in [3.05, 3.63) is 113 Å². The summed E-state index contributed by atoms with van der Waals surface area (Å²) in [7, 11) is 0. The first-order chi connectivity index (χ1) is 36.5. The van der Waals surface area contributed by atoms with Crippen molar-refractivity contribution in [3.63, 3.8) is 0 Å². The summed E-state index contributed by atoms with van der Waals surface area (Å²) in [4.78, 5) is 73.0. The Morgan fingerprint density at radius 1 is 0.908 bits per heavy atom. The van der Waals surface area contributed by atoms with Crippen LogP contribution in [0.4, 0.5) is 10.2 Å². The SMILES string of the molecule is Cc1ncsc1-c1ccc(C(C)NC(=O)[C@@H]2C[C@@H](O)CN2C(=O)C(NC(=O)COCCOCCOCC/C=C/C(=O)N2CCN(c3ncnc4c(F)c(-c5cc(O)cc6ccccc56)c(Cl)cc34)CC2)C(C)(C)C)cc1. The number of likely N-dealkylation sites (tertiary alicyclic amines) is 1. The number of hydrogen-bond donors (Lipinski definition) is 4. The predicted molar refractivity (Wildman–Crippen MR) is 290 cm³/mol. The lowest BCUT2D eigenvalue weighted by Crippen LogP contribution is -2.58. The number of fused-ring (bicyclic) bond motifs is 2. The maximum Gasteiger partial charge on any atom is 0.246 e. The zero-order chi connectivity index (χ0) is 54.1. The number of piperazine rings is 1. The van der Waals surface area contributed by atoms with Gasteiger partial charge in [-0.2, -0.15) is 0 Å². The fraction of sp³-hybridized carbons (Fsp3) is 0.411. The van der Waals surface area contributed by atoms with E-state index in [0.717, 1.165) is 32.5 Å². The molecule has 0 aliphatic carbocycles. The summed E-state index contributed by atoms with van der Waals surface area (Å²) in [6.07, 6.45) is 4.30. The molecule has 4 atom stereocenters. The number of amides is 4. The molecular weight excluding hydrogens is 1020 g/mol. The maximum atomic E-state index is 16.3. The molecule has 0 radical (unpaired) electrons. The quantitative estimate of drug-likeness (QED) is 0.0435. The van der Waals surface area contributed by atoms with E-state index >= 15 is 4.39 Å². The van der Waals surface area contributed by atoms with Crippen molar-refractivity contribution >= 4 is 74.1 Å². The smallest absolute Gasteiger partial charge is 0.246 e. The first kappa shape index (κ1) is 55.6. The Morgan fingerprint density at radius 2 is 1.62 bits per heavy atom. The molecule has 17 nitrogen and oxygen atoms in total. The highest BCUT2D eigenvalue weighted by atomic mass is 35.5. The van der Waals surface area contributed by atoms with Gasteiger partial charge >= 0.3 is 0 Å². The number of thiazole rings is 1. The maximum absolute atomic E-state index is 16.3. The van der Waals surface area contributed by atoms with Gasteiger partial charge in [-0.1, -0.05) is 87.0 Å². The molecule has 2 unspecified atom stereocenters. The number of benzene rings is 4. The van der Waals surface area contributed by atoms with Crippen LogP contribution < -0.4 is 15.5 Å². The van der Waals surface area contributed by atoms with E-state index in [0.29, 0.717) is 62.6 Å². The number of ether oxygens (including phenoxy) is 3. The molecule has 0 saturated carbocycles. The third kappa shape index (κ3) is 13.3. The van der Waals surface area contributed by atoms with Crippen molar-refractivity contribution in [2.24, 2.45) is 5.41 Å². The summed E-state index contributed by atoms with van der Waals surface area (Å²) in [5, 5.41) is 28.9. The zero-order valence-electron chi connectivity index (χ0n) is 43.3. The minimum Gasteiger partial charge on any atom is -0.508 e. The number of nitrogens with one attached hydrogen (secondary N) is 2. The van der Waals surface area contributed by atoms with Crippen molar-refractivity contribution in [2.75, 3.05) is 77.3 Å². The second-order valence-corrected chi connectivity index (χ2v) is 21.3. The number of aliphatic hydroxyl groups is 1. The molecule has 6 aromatic rings. The third-order valence-electron chi connectivity index (χ3n) is 13.5. The van der Waals surface area contributed by atoms with Crippen LogP contribution in [0, 0.1) is 18.2 Å². The van der Waals surface area contributed by atoms with E-state index in [1.165, 1.54) is 23.4 Å². The largest absolute Gasteiger partial charge is 0.508 e. The number of hydrogen-bond acceptors (Lipinski definition) is 14. The normalized spacial score (nSPS) is 16.9. The lowest BCUT2D eigenvalue weighted by molar-refractivity contribution is -0.144. The number of aliphatic hydroxyl groups excluding tert-OH is 1. The van der Waals surface area contributed by atoms with Crippen LogP contribution in [-0.2, 0) is 33.4 Å². The number of phenols is 1. The Morgan fingerprint density at radius 3 is 2.33 bits per heavy atom. The fourth-order valence-corrected chi connectivity index (χ4v) is 10.6. The van der Waals surface area contributed by atoms with Crippen LogP contribution >= 0.6 is 22.9 Å². The van der Waals surface area contributed by atoms with Crippen molar-refractivity contribution in [1.29, 1.82) is 0 Å². The lowest BCUT2D eigenvalue weighted by atomic mass is 9.85. The highest BCUT2D eigenvalue weighted by molar-refractivity contribution is 7.13. The number of aromatic hydroxyl groups is 1. The number of rotatable bonds is 20. The fourth-order valence-electron chi connectivity index (χ4n) is 9.52. The second-order valence-electron chi connectivity index (χ2n) is 20.0. The Hall–Kier alpha value is -6.61. The lowest BCUT2D eigenvalue weighted by Gasteiger charge is -2.35. The molecule has 2 fully saturated rings. The number of carbonyl (C=O) groups is 4. The van der Waals surface area contributed by atoms with E-state index in [2.05, 4.69) is 25.6 Å². The Kier molecular flexibility index (Phi) is 18.3. The molecule has 4 amide bonds. The van der Waals surface area contributed by atoms with E-state index in [1.54, 1.807) is 34.4 Å². The summed E-state index contributed by atoms with van der Waals surface area (Å²) < 4.78 is 33.1. The van der Waals surface area contributed by atoms with Gasteiger partial charge in [0, 0.05) is 50.1 Å². The number of phenolic OH excluding ortho intramolecular Hbond substituents is 1. The minimum atomic E-state index is -0.994. The van der Waals surface area contributed by atoms with Crippen LogP contribution in [0.5, 0.6) is 5.75 Å². The van der Waals surface area contributed by atoms with Crippen LogP contribution in [0.15, 0.2) is 90.7 Å². The molecular formula is C56H64ClFN8O9S. The summed E-state index contributed by atoms with van der Waals surface area (Å²) in [5.41, 5.74) is 4.66. The molecule has 76 heavy (non-hydrogen) atoms. The van der Waals surface area contributed by atoms with Gasteiger partial charge in [0.2, 0.25) is 23.6 Å². The summed E-state index contributed by atoms with van der Waals surface area (Å²) in [6.45, 7) is 12.0. The highest BCUT2D eigenvalue weighted by Crippen LogP contribution is 2.42. The van der Waals surface area contributed by atoms with Gasteiger partial charge < -0.3 is 49.8 Å². The van der Waals surface area contributed by atoms with Gasteiger partial charge in [0.1, 0.15) is 42.1 Å². The van der Waals surface area contributed by atoms with Crippen LogP contribution in [0.3, 0.4) is 0 Å². The van der Waals surface area contributed by atoms with Crippen LogP contribution in [0.1, 0.15) is 57.8 Å². The van der Waals surface area contributed by atoms with Crippen LogP contribution in [0.25, 0.3) is 43.2 Å². The van der Waals surface area contributed by atoms with E-state index in [-0.39, 0.29) is 79.1 Å². The van der Waals surface area contributed by atoms with Gasteiger partial charge in [-0.15, -0.1) is 11.3 Å². The number of β-amino-alcohol motifs (C(OH)–C–C–N with tert-alkyl or cyclic N) is 1. The highest BCUT2D eigenvalue weighted by Gasteiger charge is 2.45. The van der Waals surface area contributed by atoms with Gasteiger partial charge in [-0.3, -0.25) is 19.2 Å². The second kappa shape index (κ2) is 25.0. The Bertz CT molecular complexity index is 3070. The van der Waals surface area contributed by atoms with E-state index in [9.17, 15) is 29.4 Å². The molecule has 2 saturated heterocycles. The molecule has 0 spiro atoms. The monoisotopic (exact) mass is 1080 g/mol. The van der Waals surface area contributed by atoms with Crippen LogP contribution in [-0.4, -0.2) is 149 Å². The van der Waals surface area contributed by atoms with Crippen molar-refractivity contribution in [1.82, 2.24) is 35.4 Å². The summed E-state index contributed by atoms with van der Waals surface area (Å²) >= 11 is 8.34. The molecule has 8 rings (SSSR count). The predicted octanol–water partition coefficient (Wildman–Crippen LogP) is 7.39. The van der Waals surface area contributed by atoms with Gasteiger partial charge in [0.25, 0.3) is 0 Å². The number of aryl methyl sites for hydroxylation is 1. The third-order valence-corrected chi connectivity index (χ3v) is 14.8. The molecule has 0 bridgehead atoms. The van der Waals surface area contributed by atoms with Crippen LogP contribution in [0.2, 0.25) is 5.02 Å². The van der Waals surface area contributed by atoms with Gasteiger partial charge in [-0.05, 0) is 77.4 Å². The molecule has 20 heteroatoms.